The lowest BCUT2D eigenvalue weighted by Crippen LogP contribution is -2.40. The highest BCUT2D eigenvalue weighted by molar-refractivity contribution is 6.31. The predicted octanol–water partition coefficient (Wildman–Crippen LogP) is 4.66. The molecule has 140 valence electrons. The maximum atomic E-state index is 13.0. The summed E-state index contributed by atoms with van der Waals surface area (Å²) in [6.45, 7) is 2.04. The largest absolute Gasteiger partial charge is 0.370 e. The van der Waals surface area contributed by atoms with Gasteiger partial charge in [0.25, 0.3) is 0 Å². The average Bonchev–Trinajstić information content (AvgIpc) is 2.62. The molecule has 3 aliphatic rings. The van der Waals surface area contributed by atoms with Crippen LogP contribution in [0.4, 0.5) is 11.4 Å². The van der Waals surface area contributed by atoms with Crippen LogP contribution in [0.25, 0.3) is 0 Å². The fourth-order valence-corrected chi connectivity index (χ4v) is 5.12. The third-order valence-electron chi connectivity index (χ3n) is 6.33. The van der Waals surface area contributed by atoms with Crippen LogP contribution in [-0.2, 0) is 9.59 Å². The molecule has 2 saturated carbocycles. The van der Waals surface area contributed by atoms with Crippen molar-refractivity contribution in [2.75, 3.05) is 23.3 Å². The molecular weight excluding hydrogens is 348 g/mol. The number of Topliss-reactive ketones (excluding diaryl/α,β-unsaturated/α-hetero) is 1. The molecule has 3 fully saturated rings. The van der Waals surface area contributed by atoms with E-state index in [-0.39, 0.29) is 23.7 Å². The lowest BCUT2D eigenvalue weighted by Gasteiger charge is -2.37. The lowest BCUT2D eigenvalue weighted by molar-refractivity contribution is -0.136. The fraction of sp³-hybridized carbons (Fsp3) is 0.619. The second-order valence-electron chi connectivity index (χ2n) is 8.09. The highest BCUT2D eigenvalue weighted by Crippen LogP contribution is 2.41. The molecule has 1 heterocycles. The Morgan fingerprint density at radius 2 is 1.73 bits per heavy atom. The van der Waals surface area contributed by atoms with E-state index in [0.29, 0.717) is 23.6 Å². The number of nitrogens with one attached hydrogen (secondary N) is 1. The fourth-order valence-electron chi connectivity index (χ4n) is 4.95. The van der Waals surface area contributed by atoms with E-state index >= 15 is 0 Å². The summed E-state index contributed by atoms with van der Waals surface area (Å²) in [4.78, 5) is 27.6. The van der Waals surface area contributed by atoms with Crippen molar-refractivity contribution in [1.82, 2.24) is 0 Å². The summed E-state index contributed by atoms with van der Waals surface area (Å²) in [5.74, 6) is 0.585. The first-order chi connectivity index (χ1) is 12.6. The zero-order valence-corrected chi connectivity index (χ0v) is 15.9. The molecule has 1 N–H and O–H groups in total. The molecule has 0 spiro atoms. The van der Waals surface area contributed by atoms with Crippen LogP contribution in [0, 0.1) is 17.8 Å². The first-order valence-corrected chi connectivity index (χ1v) is 10.4. The summed E-state index contributed by atoms with van der Waals surface area (Å²) in [7, 11) is 0. The van der Waals surface area contributed by atoms with Gasteiger partial charge in [0.15, 0.2) is 0 Å². The van der Waals surface area contributed by atoms with Gasteiger partial charge in [0, 0.05) is 35.9 Å². The molecule has 2 bridgehead atoms. The van der Waals surface area contributed by atoms with E-state index in [0.717, 1.165) is 43.7 Å². The number of piperidine rings is 1. The molecule has 1 aliphatic heterocycles. The molecule has 2 aliphatic carbocycles. The van der Waals surface area contributed by atoms with Gasteiger partial charge in [0.2, 0.25) is 5.91 Å². The molecule has 2 atom stereocenters. The molecule has 2 unspecified atom stereocenters. The molecule has 4 nitrogen and oxygen atoms in total. The third kappa shape index (κ3) is 3.62. The number of fused-ring (bicyclic) bond motifs is 2. The normalized spacial score (nSPS) is 28.7. The maximum absolute atomic E-state index is 13.0. The van der Waals surface area contributed by atoms with Crippen LogP contribution in [0.2, 0.25) is 5.02 Å². The van der Waals surface area contributed by atoms with Crippen molar-refractivity contribution in [3.05, 3.63) is 23.2 Å². The summed E-state index contributed by atoms with van der Waals surface area (Å²) < 4.78 is 0. The van der Waals surface area contributed by atoms with E-state index in [1.165, 1.54) is 19.3 Å². The Morgan fingerprint density at radius 3 is 2.42 bits per heavy atom. The Balaban J connectivity index is 1.50. The van der Waals surface area contributed by atoms with Crippen molar-refractivity contribution < 1.29 is 9.59 Å². The van der Waals surface area contributed by atoms with E-state index in [9.17, 15) is 9.59 Å². The van der Waals surface area contributed by atoms with Gasteiger partial charge in [-0.05, 0) is 63.1 Å². The lowest BCUT2D eigenvalue weighted by atomic mass is 9.67. The zero-order chi connectivity index (χ0) is 18.1. The number of nitrogens with zero attached hydrogens (tertiary/aromatic N) is 1. The van der Waals surface area contributed by atoms with Gasteiger partial charge >= 0.3 is 0 Å². The van der Waals surface area contributed by atoms with Gasteiger partial charge in [-0.1, -0.05) is 18.0 Å². The highest BCUT2D eigenvalue weighted by Gasteiger charge is 2.41. The summed E-state index contributed by atoms with van der Waals surface area (Å²) in [5, 5.41) is 3.78. The second kappa shape index (κ2) is 7.59. The van der Waals surface area contributed by atoms with Crippen LogP contribution in [0.1, 0.15) is 51.4 Å². The van der Waals surface area contributed by atoms with E-state index in [4.69, 9.17) is 11.6 Å². The number of carbonyl (C=O) groups is 2. The first-order valence-electron chi connectivity index (χ1n) is 10.0. The predicted molar refractivity (Wildman–Crippen MR) is 105 cm³/mol. The summed E-state index contributed by atoms with van der Waals surface area (Å²) in [6.07, 6.45) is 8.09. The van der Waals surface area contributed by atoms with Crippen LogP contribution in [-0.4, -0.2) is 24.8 Å². The minimum Gasteiger partial charge on any atom is -0.370 e. The Hall–Kier alpha value is -1.55. The van der Waals surface area contributed by atoms with Gasteiger partial charge < -0.3 is 10.2 Å². The molecule has 4 rings (SSSR count). The van der Waals surface area contributed by atoms with Crippen LogP contribution in [0.15, 0.2) is 18.2 Å². The number of halogens is 1. The number of carbonyl (C=O) groups excluding carboxylic acids is 2. The number of anilines is 2. The number of benzene rings is 1. The second-order valence-corrected chi connectivity index (χ2v) is 8.53. The van der Waals surface area contributed by atoms with Gasteiger partial charge in [-0.15, -0.1) is 0 Å². The molecule has 0 radical (unpaired) electrons. The van der Waals surface area contributed by atoms with E-state index in [1.807, 2.05) is 18.2 Å². The van der Waals surface area contributed by atoms with Crippen molar-refractivity contribution in [3.63, 3.8) is 0 Å². The van der Waals surface area contributed by atoms with E-state index in [1.54, 1.807) is 0 Å². The zero-order valence-electron chi connectivity index (χ0n) is 15.2. The Labute approximate surface area is 160 Å². The van der Waals surface area contributed by atoms with Crippen molar-refractivity contribution in [1.29, 1.82) is 0 Å². The molecule has 1 aromatic rings. The van der Waals surface area contributed by atoms with Crippen LogP contribution in [0.3, 0.4) is 0 Å². The molecule has 1 saturated heterocycles. The van der Waals surface area contributed by atoms with Gasteiger partial charge in [-0.2, -0.15) is 0 Å². The Morgan fingerprint density at radius 1 is 1.04 bits per heavy atom. The smallest absolute Gasteiger partial charge is 0.227 e. The van der Waals surface area contributed by atoms with E-state index in [2.05, 4.69) is 10.2 Å². The third-order valence-corrected chi connectivity index (χ3v) is 6.57. The van der Waals surface area contributed by atoms with Crippen LogP contribution >= 0.6 is 11.6 Å². The number of hydrogen-bond donors (Lipinski definition) is 1. The highest BCUT2D eigenvalue weighted by atomic mass is 35.5. The number of hydrogen-bond acceptors (Lipinski definition) is 3. The Kier molecular flexibility index (Phi) is 5.21. The summed E-state index contributed by atoms with van der Waals surface area (Å²) in [6, 6.07) is 5.77. The SMILES string of the molecule is O=C(Nc1cc(Cl)ccc1N1CCCCC1)C1CC2CCCC(C1)C2=O. The van der Waals surface area contributed by atoms with Crippen molar-refractivity contribution in [3.8, 4) is 0 Å². The Bertz CT molecular complexity index is 683. The monoisotopic (exact) mass is 374 g/mol. The number of amides is 1. The molecule has 1 aromatic carbocycles. The number of rotatable bonds is 3. The van der Waals surface area contributed by atoms with Gasteiger partial charge in [-0.3, -0.25) is 9.59 Å². The topological polar surface area (TPSA) is 49.4 Å². The summed E-state index contributed by atoms with van der Waals surface area (Å²) in [5.41, 5.74) is 1.88. The minimum atomic E-state index is -0.0591. The van der Waals surface area contributed by atoms with Gasteiger partial charge in [0.1, 0.15) is 5.78 Å². The van der Waals surface area contributed by atoms with Crippen molar-refractivity contribution in [2.24, 2.45) is 17.8 Å². The van der Waals surface area contributed by atoms with Crippen LogP contribution < -0.4 is 10.2 Å². The first kappa shape index (κ1) is 17.8. The molecular formula is C21H27ClN2O2. The molecule has 0 aromatic heterocycles. The molecule has 26 heavy (non-hydrogen) atoms. The standard InChI is InChI=1S/C21H27ClN2O2/c22-17-7-8-19(24-9-2-1-3-10-24)18(13-17)23-21(26)16-11-14-5-4-6-15(12-16)20(14)25/h7-8,13-16H,1-6,9-12H2,(H,23,26). The van der Waals surface area contributed by atoms with Crippen molar-refractivity contribution in [2.45, 2.75) is 51.4 Å². The summed E-state index contributed by atoms with van der Waals surface area (Å²) >= 11 is 6.21. The quantitative estimate of drug-likeness (QED) is 0.836. The maximum Gasteiger partial charge on any atom is 0.227 e. The average molecular weight is 375 g/mol. The van der Waals surface area contributed by atoms with Crippen molar-refractivity contribution >= 4 is 34.7 Å². The minimum absolute atomic E-state index is 0.0509. The molecule has 1 amide bonds. The molecule has 5 heteroatoms. The van der Waals surface area contributed by atoms with E-state index < -0.39 is 0 Å². The number of ketones is 1. The van der Waals surface area contributed by atoms with Gasteiger partial charge in [0.05, 0.1) is 11.4 Å². The van der Waals surface area contributed by atoms with Crippen LogP contribution in [0.5, 0.6) is 0 Å². The van der Waals surface area contributed by atoms with Gasteiger partial charge in [-0.25, -0.2) is 0 Å².